The van der Waals surface area contributed by atoms with Crippen LogP contribution in [0.3, 0.4) is 0 Å². The maximum Gasteiger partial charge on any atom is 0.230 e. The Balaban J connectivity index is 1.30. The van der Waals surface area contributed by atoms with Crippen molar-refractivity contribution in [3.05, 3.63) is 70.7 Å². The fraction of sp³-hybridized carbons (Fsp3) is 0.143. The van der Waals surface area contributed by atoms with Crippen molar-refractivity contribution in [3.8, 4) is 11.5 Å². The van der Waals surface area contributed by atoms with Gasteiger partial charge in [-0.3, -0.25) is 4.79 Å². The van der Waals surface area contributed by atoms with Crippen molar-refractivity contribution < 1.29 is 9.21 Å². The van der Waals surface area contributed by atoms with Crippen LogP contribution in [0.1, 0.15) is 10.8 Å². The quantitative estimate of drug-likeness (QED) is 0.453. The summed E-state index contributed by atoms with van der Waals surface area (Å²) in [6.45, 7) is 2.34. The van der Waals surface area contributed by atoms with Gasteiger partial charge in [-0.2, -0.15) is 0 Å². The molecule has 2 aromatic carbocycles. The minimum absolute atomic E-state index is 0.0180. The number of nitrogens with zero attached hydrogens (tertiary/aromatic N) is 1. The molecule has 4 nitrogen and oxygen atoms in total. The van der Waals surface area contributed by atoms with Gasteiger partial charge in [0.2, 0.25) is 5.91 Å². The molecule has 2 aromatic heterocycles. The Labute approximate surface area is 165 Å². The van der Waals surface area contributed by atoms with Crippen molar-refractivity contribution in [3.63, 3.8) is 0 Å². The Morgan fingerprint density at radius 3 is 2.81 bits per heavy atom. The molecule has 0 saturated heterocycles. The third-order valence-electron chi connectivity index (χ3n) is 4.08. The normalized spacial score (nSPS) is 11.0. The van der Waals surface area contributed by atoms with E-state index < -0.39 is 0 Å². The molecule has 6 heteroatoms. The van der Waals surface area contributed by atoms with Crippen molar-refractivity contribution in [1.82, 2.24) is 10.3 Å². The van der Waals surface area contributed by atoms with Gasteiger partial charge in [0, 0.05) is 10.3 Å². The van der Waals surface area contributed by atoms with E-state index in [0.29, 0.717) is 12.3 Å². The number of nitrogens with one attached hydrogen (secondary N) is 1. The topological polar surface area (TPSA) is 55.1 Å². The van der Waals surface area contributed by atoms with Crippen LogP contribution in [-0.2, 0) is 11.3 Å². The first-order valence-electron chi connectivity index (χ1n) is 8.57. The van der Waals surface area contributed by atoms with E-state index in [1.165, 1.54) is 22.5 Å². The number of aryl methyl sites for hydroxylation is 1. The van der Waals surface area contributed by atoms with Gasteiger partial charge in [0.1, 0.15) is 11.5 Å². The largest absolute Gasteiger partial charge is 0.458 e. The number of aromatic nitrogens is 1. The number of rotatable bonds is 6. The molecule has 1 amide bonds. The molecule has 0 aliphatic carbocycles. The van der Waals surface area contributed by atoms with Crippen molar-refractivity contribution in [2.75, 3.05) is 5.75 Å². The smallest absolute Gasteiger partial charge is 0.230 e. The molecule has 4 rings (SSSR count). The van der Waals surface area contributed by atoms with Gasteiger partial charge in [0.25, 0.3) is 0 Å². The highest BCUT2D eigenvalue weighted by Gasteiger charge is 2.09. The summed E-state index contributed by atoms with van der Waals surface area (Å²) in [6.07, 6.45) is 0. The molecule has 0 spiro atoms. The van der Waals surface area contributed by atoms with E-state index in [1.807, 2.05) is 36.6 Å². The molecule has 0 bridgehead atoms. The summed E-state index contributed by atoms with van der Waals surface area (Å²) in [5, 5.41) is 8.26. The van der Waals surface area contributed by atoms with Crippen LogP contribution < -0.4 is 5.32 Å². The molecular weight excluding hydrogens is 376 g/mol. The molecule has 0 saturated carbocycles. The lowest BCUT2D eigenvalue weighted by molar-refractivity contribution is -0.118. The average molecular weight is 395 g/mol. The van der Waals surface area contributed by atoms with Crippen molar-refractivity contribution >= 4 is 39.8 Å². The van der Waals surface area contributed by atoms with Crippen LogP contribution >= 0.6 is 23.1 Å². The van der Waals surface area contributed by atoms with Crippen LogP contribution in [0.2, 0.25) is 0 Å². The SMILES string of the molecule is Cc1nc(-c2ccc(CNC(=O)CSc3ccc4ccccc4c3)o2)cs1. The molecule has 2 heterocycles. The predicted octanol–water partition coefficient (Wildman–Crippen LogP) is 5.27. The minimum Gasteiger partial charge on any atom is -0.458 e. The number of thiazole rings is 1. The van der Waals surface area contributed by atoms with Gasteiger partial charge >= 0.3 is 0 Å². The van der Waals surface area contributed by atoms with Gasteiger partial charge in [0.15, 0.2) is 5.76 Å². The van der Waals surface area contributed by atoms with Crippen molar-refractivity contribution in [1.29, 1.82) is 0 Å². The lowest BCUT2D eigenvalue weighted by Crippen LogP contribution is -2.24. The molecule has 0 aliphatic rings. The second-order valence-corrected chi connectivity index (χ2v) is 8.20. The first-order valence-corrected chi connectivity index (χ1v) is 10.4. The minimum atomic E-state index is -0.0180. The number of fused-ring (bicyclic) bond motifs is 1. The van der Waals surface area contributed by atoms with Crippen molar-refractivity contribution in [2.45, 2.75) is 18.4 Å². The average Bonchev–Trinajstić information content (AvgIpc) is 3.33. The Kier molecular flexibility index (Phi) is 5.27. The fourth-order valence-electron chi connectivity index (χ4n) is 2.73. The zero-order chi connectivity index (χ0) is 18.6. The number of carbonyl (C=O) groups excluding carboxylic acids is 1. The van der Waals surface area contributed by atoms with Gasteiger partial charge in [-0.25, -0.2) is 4.98 Å². The standard InChI is InChI=1S/C21H18N2O2S2/c1-14-23-19(12-26-14)20-9-7-17(25-20)11-22-21(24)13-27-18-8-6-15-4-2-3-5-16(15)10-18/h2-10,12H,11,13H2,1H3,(H,22,24). The Bertz CT molecular complexity index is 1080. The van der Waals surface area contributed by atoms with E-state index in [-0.39, 0.29) is 5.91 Å². The molecule has 1 N–H and O–H groups in total. The molecule has 0 atom stereocenters. The monoisotopic (exact) mass is 394 g/mol. The van der Waals surface area contributed by atoms with Gasteiger partial charge in [0.05, 0.1) is 17.3 Å². The van der Waals surface area contributed by atoms with E-state index in [9.17, 15) is 4.79 Å². The first-order chi connectivity index (χ1) is 13.2. The fourth-order valence-corrected chi connectivity index (χ4v) is 4.11. The molecule has 0 fully saturated rings. The third-order valence-corrected chi connectivity index (χ3v) is 5.85. The third kappa shape index (κ3) is 4.40. The van der Waals surface area contributed by atoms with E-state index in [0.717, 1.165) is 27.1 Å². The maximum absolute atomic E-state index is 12.1. The highest BCUT2D eigenvalue weighted by atomic mass is 32.2. The Morgan fingerprint density at radius 2 is 2.00 bits per heavy atom. The number of amides is 1. The number of thioether (sulfide) groups is 1. The van der Waals surface area contributed by atoms with E-state index in [2.05, 4.69) is 40.6 Å². The summed E-state index contributed by atoms with van der Waals surface area (Å²) >= 11 is 3.12. The highest BCUT2D eigenvalue weighted by molar-refractivity contribution is 8.00. The maximum atomic E-state index is 12.1. The molecular formula is C21H18N2O2S2. The number of hydrogen-bond acceptors (Lipinski definition) is 5. The molecule has 136 valence electrons. The lowest BCUT2D eigenvalue weighted by atomic mass is 10.1. The summed E-state index contributed by atoms with van der Waals surface area (Å²) in [7, 11) is 0. The summed E-state index contributed by atoms with van der Waals surface area (Å²) < 4.78 is 5.77. The van der Waals surface area contributed by atoms with Crippen LogP contribution in [0.4, 0.5) is 0 Å². The Hall–Kier alpha value is -2.57. The van der Waals surface area contributed by atoms with Crippen LogP contribution in [0.15, 0.2) is 69.3 Å². The van der Waals surface area contributed by atoms with Gasteiger partial charge in [-0.05, 0) is 42.0 Å². The molecule has 0 aliphatic heterocycles. The van der Waals surface area contributed by atoms with Gasteiger partial charge in [-0.1, -0.05) is 30.3 Å². The molecule has 0 radical (unpaired) electrons. The second-order valence-electron chi connectivity index (χ2n) is 6.09. The van der Waals surface area contributed by atoms with Crippen molar-refractivity contribution in [2.24, 2.45) is 0 Å². The number of hydrogen-bond donors (Lipinski definition) is 1. The zero-order valence-electron chi connectivity index (χ0n) is 14.8. The van der Waals surface area contributed by atoms with Crippen LogP contribution in [0.5, 0.6) is 0 Å². The van der Waals surface area contributed by atoms with Crippen LogP contribution in [0.25, 0.3) is 22.2 Å². The molecule has 27 heavy (non-hydrogen) atoms. The van der Waals surface area contributed by atoms with Gasteiger partial charge in [-0.15, -0.1) is 23.1 Å². The summed E-state index contributed by atoms with van der Waals surface area (Å²) in [5.74, 6) is 1.81. The number of furan rings is 1. The van der Waals surface area contributed by atoms with Crippen LogP contribution in [-0.4, -0.2) is 16.6 Å². The van der Waals surface area contributed by atoms with E-state index >= 15 is 0 Å². The zero-order valence-corrected chi connectivity index (χ0v) is 16.4. The number of benzene rings is 2. The van der Waals surface area contributed by atoms with E-state index in [4.69, 9.17) is 4.42 Å². The van der Waals surface area contributed by atoms with Crippen LogP contribution in [0, 0.1) is 6.92 Å². The Morgan fingerprint density at radius 1 is 1.15 bits per heavy atom. The first kappa shape index (κ1) is 17.8. The van der Waals surface area contributed by atoms with E-state index in [1.54, 1.807) is 11.3 Å². The van der Waals surface area contributed by atoms with Gasteiger partial charge < -0.3 is 9.73 Å². The summed E-state index contributed by atoms with van der Waals surface area (Å²) in [6, 6.07) is 18.2. The highest BCUT2D eigenvalue weighted by Crippen LogP contribution is 2.25. The molecule has 4 aromatic rings. The number of carbonyl (C=O) groups is 1. The predicted molar refractivity (Wildman–Crippen MR) is 111 cm³/mol. The molecule has 0 unspecified atom stereocenters. The summed E-state index contributed by atoms with van der Waals surface area (Å²) in [4.78, 5) is 17.6. The second kappa shape index (κ2) is 7.98. The lowest BCUT2D eigenvalue weighted by Gasteiger charge is -2.05. The summed E-state index contributed by atoms with van der Waals surface area (Å²) in [5.41, 5.74) is 0.835.